The van der Waals surface area contributed by atoms with E-state index in [9.17, 15) is 9.59 Å². The number of nitrogens with one attached hydrogen (secondary N) is 1. The van der Waals surface area contributed by atoms with Crippen LogP contribution in [0.5, 0.6) is 0 Å². The molecule has 2 amide bonds. The van der Waals surface area contributed by atoms with Crippen LogP contribution in [-0.2, 0) is 11.3 Å². The molecule has 0 saturated carbocycles. The van der Waals surface area contributed by atoms with E-state index in [0.29, 0.717) is 18.4 Å². The topological polar surface area (TPSA) is 52.7 Å². The third-order valence-corrected chi connectivity index (χ3v) is 6.92. The normalized spacial score (nSPS) is 24.8. The molecule has 30 heavy (non-hydrogen) atoms. The summed E-state index contributed by atoms with van der Waals surface area (Å²) in [5.41, 5.74) is 4.80. The summed E-state index contributed by atoms with van der Waals surface area (Å²) >= 11 is 0. The second-order valence-electron chi connectivity index (χ2n) is 8.89. The number of anilines is 1. The molecular weight excluding hydrogens is 374 g/mol. The third-order valence-electron chi connectivity index (χ3n) is 6.92. The molecule has 0 aliphatic carbocycles. The van der Waals surface area contributed by atoms with Gasteiger partial charge in [0.1, 0.15) is 0 Å². The molecule has 1 atom stereocenters. The molecule has 2 aromatic carbocycles. The number of carbonyl (C=O) groups excluding carboxylic acids is 2. The molecule has 0 radical (unpaired) electrons. The van der Waals surface area contributed by atoms with Crippen molar-refractivity contribution in [3.05, 3.63) is 53.6 Å². The Morgan fingerprint density at radius 1 is 1.10 bits per heavy atom. The van der Waals surface area contributed by atoms with Crippen LogP contribution < -0.4 is 5.32 Å². The molecule has 3 saturated heterocycles. The van der Waals surface area contributed by atoms with Gasteiger partial charge in [0.2, 0.25) is 5.91 Å². The van der Waals surface area contributed by atoms with Crippen molar-refractivity contribution < 1.29 is 9.59 Å². The first-order valence-electron chi connectivity index (χ1n) is 11.2. The van der Waals surface area contributed by atoms with Gasteiger partial charge in [0.05, 0.1) is 0 Å². The van der Waals surface area contributed by atoms with Crippen LogP contribution in [0, 0.1) is 5.92 Å². The minimum Gasteiger partial charge on any atom is -0.330 e. The summed E-state index contributed by atoms with van der Waals surface area (Å²) < 4.78 is 0. The Morgan fingerprint density at radius 3 is 2.63 bits per heavy atom. The van der Waals surface area contributed by atoms with Gasteiger partial charge in [-0.05, 0) is 73.2 Å². The Morgan fingerprint density at radius 2 is 1.90 bits per heavy atom. The van der Waals surface area contributed by atoms with Crippen molar-refractivity contribution >= 4 is 17.5 Å². The quantitative estimate of drug-likeness (QED) is 0.816. The van der Waals surface area contributed by atoms with Gasteiger partial charge >= 0.3 is 0 Å². The van der Waals surface area contributed by atoms with Crippen molar-refractivity contribution in [2.24, 2.45) is 5.92 Å². The molecule has 156 valence electrons. The summed E-state index contributed by atoms with van der Waals surface area (Å²) in [5.74, 6) is 0.862. The third kappa shape index (κ3) is 3.52. The van der Waals surface area contributed by atoms with Crippen molar-refractivity contribution in [2.45, 2.75) is 45.2 Å². The summed E-state index contributed by atoms with van der Waals surface area (Å²) in [6, 6.07) is 14.5. The summed E-state index contributed by atoms with van der Waals surface area (Å²) in [7, 11) is 0. The van der Waals surface area contributed by atoms with Crippen LogP contribution in [0.25, 0.3) is 11.1 Å². The maximum Gasteiger partial charge on any atom is 0.254 e. The van der Waals surface area contributed by atoms with Crippen LogP contribution in [0.2, 0.25) is 0 Å². The maximum atomic E-state index is 13.3. The van der Waals surface area contributed by atoms with Gasteiger partial charge in [-0.2, -0.15) is 0 Å². The first-order chi connectivity index (χ1) is 14.6. The van der Waals surface area contributed by atoms with Gasteiger partial charge in [0.25, 0.3) is 5.91 Å². The summed E-state index contributed by atoms with van der Waals surface area (Å²) in [5, 5.41) is 2.96. The number of amides is 2. The van der Waals surface area contributed by atoms with E-state index in [1.165, 1.54) is 25.9 Å². The predicted octanol–water partition coefficient (Wildman–Crippen LogP) is 4.14. The maximum absolute atomic E-state index is 13.3. The SMILES string of the molecule is CCCC(=O)Nc1cccc(-c2ccc3c(c2)C(=O)N(C2CN4CCC2CC4)C3)c1. The van der Waals surface area contributed by atoms with Crippen molar-refractivity contribution in [1.82, 2.24) is 9.80 Å². The van der Waals surface area contributed by atoms with Gasteiger partial charge in [-0.15, -0.1) is 0 Å². The fourth-order valence-corrected chi connectivity index (χ4v) is 5.28. The van der Waals surface area contributed by atoms with Crippen LogP contribution in [-0.4, -0.2) is 47.3 Å². The Bertz CT molecular complexity index is 978. The number of piperidine rings is 3. The number of carbonyl (C=O) groups is 2. The van der Waals surface area contributed by atoms with Gasteiger partial charge in [-0.1, -0.05) is 31.2 Å². The molecule has 4 aliphatic rings. The lowest BCUT2D eigenvalue weighted by Crippen LogP contribution is -2.57. The molecule has 4 aliphatic heterocycles. The minimum atomic E-state index is 0.0342. The zero-order valence-electron chi connectivity index (χ0n) is 17.6. The van der Waals surface area contributed by atoms with E-state index in [-0.39, 0.29) is 11.8 Å². The monoisotopic (exact) mass is 403 g/mol. The molecule has 0 spiro atoms. The van der Waals surface area contributed by atoms with Crippen LogP contribution in [0.4, 0.5) is 5.69 Å². The Balaban J connectivity index is 1.37. The number of rotatable bonds is 5. The van der Waals surface area contributed by atoms with Crippen molar-refractivity contribution in [3.8, 4) is 11.1 Å². The first kappa shape index (κ1) is 19.3. The van der Waals surface area contributed by atoms with Gasteiger partial charge in [0.15, 0.2) is 0 Å². The Labute approximate surface area is 178 Å². The van der Waals surface area contributed by atoms with Crippen LogP contribution in [0.1, 0.15) is 48.5 Å². The van der Waals surface area contributed by atoms with Gasteiger partial charge in [-0.3, -0.25) is 9.59 Å². The van der Waals surface area contributed by atoms with Crippen LogP contribution in [0.3, 0.4) is 0 Å². The molecule has 5 heteroatoms. The lowest BCUT2D eigenvalue weighted by molar-refractivity contribution is -0.116. The zero-order valence-corrected chi connectivity index (χ0v) is 17.6. The van der Waals surface area contributed by atoms with E-state index >= 15 is 0 Å². The molecular formula is C25H29N3O2. The second-order valence-corrected chi connectivity index (χ2v) is 8.89. The molecule has 3 fully saturated rings. The molecule has 1 unspecified atom stereocenters. The summed E-state index contributed by atoms with van der Waals surface area (Å²) in [6.45, 7) is 6.13. The summed E-state index contributed by atoms with van der Waals surface area (Å²) in [4.78, 5) is 29.8. The molecule has 0 aromatic heterocycles. The highest BCUT2D eigenvalue weighted by Crippen LogP contribution is 2.36. The fourth-order valence-electron chi connectivity index (χ4n) is 5.28. The largest absolute Gasteiger partial charge is 0.330 e. The average Bonchev–Trinajstić information content (AvgIpc) is 3.11. The van der Waals surface area contributed by atoms with Crippen molar-refractivity contribution in [1.29, 1.82) is 0 Å². The number of hydrogen-bond donors (Lipinski definition) is 1. The number of benzene rings is 2. The van der Waals surface area contributed by atoms with Gasteiger partial charge in [0, 0.05) is 36.8 Å². The Kier molecular flexibility index (Phi) is 5.07. The second kappa shape index (κ2) is 7.88. The summed E-state index contributed by atoms with van der Waals surface area (Å²) in [6.07, 6.45) is 3.78. The fraction of sp³-hybridized carbons (Fsp3) is 0.440. The van der Waals surface area contributed by atoms with E-state index in [1.807, 2.05) is 37.3 Å². The Hall–Kier alpha value is -2.66. The highest BCUT2D eigenvalue weighted by Gasteiger charge is 2.42. The smallest absolute Gasteiger partial charge is 0.254 e. The number of nitrogens with zero attached hydrogens (tertiary/aromatic N) is 2. The minimum absolute atomic E-state index is 0.0342. The van der Waals surface area contributed by atoms with Crippen molar-refractivity contribution in [3.63, 3.8) is 0 Å². The number of fused-ring (bicyclic) bond motifs is 4. The highest BCUT2D eigenvalue weighted by atomic mass is 16.2. The van der Waals surface area contributed by atoms with E-state index in [2.05, 4.69) is 27.2 Å². The molecule has 2 bridgehead atoms. The molecule has 6 rings (SSSR count). The predicted molar refractivity (Wildman–Crippen MR) is 118 cm³/mol. The van der Waals surface area contributed by atoms with Crippen LogP contribution >= 0.6 is 0 Å². The molecule has 2 aromatic rings. The van der Waals surface area contributed by atoms with Gasteiger partial charge in [-0.25, -0.2) is 0 Å². The van der Waals surface area contributed by atoms with Crippen molar-refractivity contribution in [2.75, 3.05) is 25.0 Å². The van der Waals surface area contributed by atoms with Gasteiger partial charge < -0.3 is 15.1 Å². The van der Waals surface area contributed by atoms with E-state index in [1.54, 1.807) is 0 Å². The zero-order chi connectivity index (χ0) is 20.7. The highest BCUT2D eigenvalue weighted by molar-refractivity contribution is 6.00. The molecule has 1 N–H and O–H groups in total. The van der Waals surface area contributed by atoms with E-state index in [0.717, 1.165) is 47.5 Å². The lowest BCUT2D eigenvalue weighted by atomic mass is 9.83. The first-order valence-corrected chi connectivity index (χ1v) is 11.2. The van der Waals surface area contributed by atoms with Crippen LogP contribution in [0.15, 0.2) is 42.5 Å². The van der Waals surface area contributed by atoms with E-state index in [4.69, 9.17) is 0 Å². The standard InChI is InChI=1S/C25H29N3O2/c1-2-4-24(29)26-21-6-3-5-18(13-21)19-7-8-20-15-28(25(30)22(20)14-19)23-16-27-11-9-17(23)10-12-27/h3,5-8,13-14,17,23H,2,4,9-12,15-16H2,1H3,(H,26,29). The number of hydrogen-bond acceptors (Lipinski definition) is 3. The molecule has 5 nitrogen and oxygen atoms in total. The molecule has 4 heterocycles. The average molecular weight is 404 g/mol. The lowest BCUT2D eigenvalue weighted by Gasteiger charge is -2.48. The van der Waals surface area contributed by atoms with E-state index < -0.39 is 0 Å².